The monoisotopic (exact) mass is 372 g/mol. The molecule has 2 unspecified atom stereocenters. The molecule has 3 nitrogen and oxygen atoms in total. The number of carbonyl (C=O) groups is 1. The highest BCUT2D eigenvalue weighted by atomic mass is 127. The Bertz CT molecular complexity index is 463. The minimum absolute atomic E-state index is 0.00211. The van der Waals surface area contributed by atoms with Crippen LogP contribution in [0.4, 0.5) is 0 Å². The van der Waals surface area contributed by atoms with Gasteiger partial charge in [0.2, 0.25) is 0 Å². The molecule has 1 saturated carbocycles. The molecule has 0 radical (unpaired) electrons. The topological polar surface area (TPSA) is 55.1 Å². The van der Waals surface area contributed by atoms with E-state index < -0.39 is 0 Å². The lowest BCUT2D eigenvalue weighted by molar-refractivity contribution is 0.0812. The minimum atomic E-state index is -0.226. The maximum Gasteiger partial charge on any atom is 0.251 e. The number of nitrogens with one attached hydrogen (secondary N) is 1. The van der Waals surface area contributed by atoms with Gasteiger partial charge in [0.15, 0.2) is 0 Å². The lowest BCUT2D eigenvalue weighted by Crippen LogP contribution is -2.59. The van der Waals surface area contributed by atoms with Crippen molar-refractivity contribution in [3.63, 3.8) is 0 Å². The molecule has 104 valence electrons. The second kappa shape index (κ2) is 6.22. The van der Waals surface area contributed by atoms with Crippen LogP contribution >= 0.6 is 22.6 Å². The second-order valence-corrected chi connectivity index (χ2v) is 6.72. The maximum absolute atomic E-state index is 12.4. The van der Waals surface area contributed by atoms with Crippen molar-refractivity contribution in [3.8, 4) is 0 Å². The van der Waals surface area contributed by atoms with Gasteiger partial charge in [-0.05, 0) is 59.5 Å². The van der Waals surface area contributed by atoms with E-state index in [0.717, 1.165) is 28.4 Å². The predicted molar refractivity (Wildman–Crippen MR) is 86.0 cm³/mol. The number of hydrogen-bond donors (Lipinski definition) is 2. The van der Waals surface area contributed by atoms with Gasteiger partial charge in [-0.3, -0.25) is 4.79 Å². The highest BCUT2D eigenvalue weighted by molar-refractivity contribution is 14.1. The van der Waals surface area contributed by atoms with Crippen LogP contribution in [0.5, 0.6) is 0 Å². The molecule has 0 heterocycles. The van der Waals surface area contributed by atoms with E-state index in [0.29, 0.717) is 12.5 Å². The third kappa shape index (κ3) is 3.28. The highest BCUT2D eigenvalue weighted by Gasteiger charge is 2.38. The van der Waals surface area contributed by atoms with Gasteiger partial charge in [0.25, 0.3) is 5.91 Å². The Morgan fingerprint density at radius 1 is 1.53 bits per heavy atom. The van der Waals surface area contributed by atoms with Crippen LogP contribution in [0.3, 0.4) is 0 Å². The molecule has 1 fully saturated rings. The van der Waals surface area contributed by atoms with E-state index in [4.69, 9.17) is 5.73 Å². The summed E-state index contributed by atoms with van der Waals surface area (Å²) in [6.07, 6.45) is 4.51. The van der Waals surface area contributed by atoms with Crippen molar-refractivity contribution in [3.05, 3.63) is 33.4 Å². The number of nitrogens with two attached hydrogens (primary N) is 1. The molecular formula is C15H21IN2O. The lowest BCUT2D eigenvalue weighted by atomic mass is 9.73. The van der Waals surface area contributed by atoms with Crippen LogP contribution < -0.4 is 11.1 Å². The van der Waals surface area contributed by atoms with Gasteiger partial charge in [0.05, 0.1) is 5.54 Å². The Labute approximate surface area is 128 Å². The zero-order valence-corrected chi connectivity index (χ0v) is 13.4. The Balaban J connectivity index is 2.16. The van der Waals surface area contributed by atoms with E-state index in [1.165, 1.54) is 6.42 Å². The Morgan fingerprint density at radius 2 is 2.32 bits per heavy atom. The molecule has 0 spiro atoms. The smallest absolute Gasteiger partial charge is 0.251 e. The number of carbonyl (C=O) groups excluding carboxylic acids is 1. The van der Waals surface area contributed by atoms with Gasteiger partial charge in [0, 0.05) is 15.7 Å². The third-order valence-electron chi connectivity index (χ3n) is 4.27. The van der Waals surface area contributed by atoms with Crippen molar-refractivity contribution < 1.29 is 4.79 Å². The minimum Gasteiger partial charge on any atom is -0.345 e. The predicted octanol–water partition coefficient (Wildman–Crippen LogP) is 2.93. The van der Waals surface area contributed by atoms with Crippen LogP contribution in [0.1, 0.15) is 43.0 Å². The summed E-state index contributed by atoms with van der Waals surface area (Å²) in [5, 5.41) is 3.21. The van der Waals surface area contributed by atoms with Crippen LogP contribution in [0.2, 0.25) is 0 Å². The van der Waals surface area contributed by atoms with Gasteiger partial charge in [0.1, 0.15) is 0 Å². The van der Waals surface area contributed by atoms with Crippen molar-refractivity contribution in [1.82, 2.24) is 5.32 Å². The standard InChI is InChI=1S/C15H21IN2O/c1-11-5-2-3-8-15(11,10-17)18-14(19)12-6-4-7-13(16)9-12/h4,6-7,9,11H,2-3,5,8,10,17H2,1H3,(H,18,19). The summed E-state index contributed by atoms with van der Waals surface area (Å²) in [7, 11) is 0. The van der Waals surface area contributed by atoms with Crippen molar-refractivity contribution in [2.24, 2.45) is 11.7 Å². The Kier molecular flexibility index (Phi) is 4.84. The summed E-state index contributed by atoms with van der Waals surface area (Å²) in [5.41, 5.74) is 6.46. The van der Waals surface area contributed by atoms with Crippen LogP contribution in [0.15, 0.2) is 24.3 Å². The first kappa shape index (κ1) is 14.8. The zero-order valence-electron chi connectivity index (χ0n) is 11.3. The summed E-state index contributed by atoms with van der Waals surface area (Å²) in [6, 6.07) is 7.66. The van der Waals surface area contributed by atoms with Gasteiger partial charge in [-0.15, -0.1) is 0 Å². The normalized spacial score (nSPS) is 27.0. The van der Waals surface area contributed by atoms with Gasteiger partial charge >= 0.3 is 0 Å². The molecule has 4 heteroatoms. The fraction of sp³-hybridized carbons (Fsp3) is 0.533. The lowest BCUT2D eigenvalue weighted by Gasteiger charge is -2.42. The molecule has 19 heavy (non-hydrogen) atoms. The van der Waals surface area contributed by atoms with Crippen molar-refractivity contribution >= 4 is 28.5 Å². The molecule has 0 bridgehead atoms. The molecule has 0 aliphatic heterocycles. The molecule has 1 aromatic carbocycles. The molecule has 1 aliphatic carbocycles. The van der Waals surface area contributed by atoms with Gasteiger partial charge in [-0.2, -0.15) is 0 Å². The maximum atomic E-state index is 12.4. The van der Waals surface area contributed by atoms with Crippen LogP contribution in [-0.2, 0) is 0 Å². The summed E-state index contributed by atoms with van der Waals surface area (Å²) < 4.78 is 1.07. The fourth-order valence-corrected chi connectivity index (χ4v) is 3.42. The molecule has 1 amide bonds. The fourth-order valence-electron chi connectivity index (χ4n) is 2.88. The average Bonchev–Trinajstić information content (AvgIpc) is 2.41. The molecule has 0 aromatic heterocycles. The first-order valence-corrected chi connectivity index (χ1v) is 7.93. The Hall–Kier alpha value is -0.620. The first-order chi connectivity index (χ1) is 9.07. The van der Waals surface area contributed by atoms with E-state index in [-0.39, 0.29) is 11.4 Å². The van der Waals surface area contributed by atoms with E-state index in [2.05, 4.69) is 34.8 Å². The molecule has 0 saturated heterocycles. The number of amides is 1. The van der Waals surface area contributed by atoms with Crippen LogP contribution in [0, 0.1) is 9.49 Å². The van der Waals surface area contributed by atoms with E-state index in [1.54, 1.807) is 0 Å². The van der Waals surface area contributed by atoms with Crippen LogP contribution in [-0.4, -0.2) is 18.0 Å². The molecular weight excluding hydrogens is 351 g/mol. The Morgan fingerprint density at radius 3 is 2.95 bits per heavy atom. The zero-order chi connectivity index (χ0) is 13.9. The SMILES string of the molecule is CC1CCCCC1(CN)NC(=O)c1cccc(I)c1. The van der Waals surface area contributed by atoms with E-state index in [1.807, 2.05) is 24.3 Å². The van der Waals surface area contributed by atoms with E-state index >= 15 is 0 Å². The quantitative estimate of drug-likeness (QED) is 0.802. The average molecular weight is 372 g/mol. The number of benzene rings is 1. The van der Waals surface area contributed by atoms with E-state index in [9.17, 15) is 4.79 Å². The highest BCUT2D eigenvalue weighted by Crippen LogP contribution is 2.33. The molecule has 3 N–H and O–H groups in total. The summed E-state index contributed by atoms with van der Waals surface area (Å²) in [6.45, 7) is 2.71. The number of halogens is 1. The van der Waals surface area contributed by atoms with Crippen molar-refractivity contribution in [2.75, 3.05) is 6.54 Å². The van der Waals surface area contributed by atoms with Crippen LogP contribution in [0.25, 0.3) is 0 Å². The van der Waals surface area contributed by atoms with Crippen molar-refractivity contribution in [2.45, 2.75) is 38.1 Å². The molecule has 2 atom stereocenters. The van der Waals surface area contributed by atoms with Gasteiger partial charge < -0.3 is 11.1 Å². The van der Waals surface area contributed by atoms with Crippen molar-refractivity contribution in [1.29, 1.82) is 0 Å². The second-order valence-electron chi connectivity index (χ2n) is 5.47. The van der Waals surface area contributed by atoms with Gasteiger partial charge in [-0.1, -0.05) is 25.8 Å². The third-order valence-corrected chi connectivity index (χ3v) is 4.94. The molecule has 2 rings (SSSR count). The largest absolute Gasteiger partial charge is 0.345 e. The summed E-state index contributed by atoms with van der Waals surface area (Å²) in [4.78, 5) is 12.4. The number of hydrogen-bond acceptors (Lipinski definition) is 2. The molecule has 1 aliphatic rings. The summed E-state index contributed by atoms with van der Waals surface area (Å²) in [5.74, 6) is 0.440. The molecule has 1 aromatic rings. The van der Waals surface area contributed by atoms with Gasteiger partial charge in [-0.25, -0.2) is 0 Å². The number of rotatable bonds is 3. The summed E-state index contributed by atoms with van der Waals surface area (Å²) >= 11 is 2.22. The first-order valence-electron chi connectivity index (χ1n) is 6.85.